The molecule has 0 bridgehead atoms. The number of ketones is 1. The lowest BCUT2D eigenvalue weighted by Crippen LogP contribution is -2.19. The monoisotopic (exact) mass is 353 g/mol. The first kappa shape index (κ1) is 19.2. The van der Waals surface area contributed by atoms with Gasteiger partial charge in [-0.25, -0.2) is 0 Å². The number of carboxylic acid groups (broad SMARTS) is 1. The molecule has 0 saturated carbocycles. The first-order chi connectivity index (χ1) is 10.5. The molecular weight excluding hydrogens is 337 g/mol. The summed E-state index contributed by atoms with van der Waals surface area (Å²) in [5.74, 6) is -1.58. The highest BCUT2D eigenvalue weighted by molar-refractivity contribution is 6.31. The molecule has 0 saturated heterocycles. The Labute approximate surface area is 145 Å². The van der Waals surface area contributed by atoms with Crippen LogP contribution >= 0.6 is 24.0 Å². The normalized spacial score (nSPS) is 11.4. The van der Waals surface area contributed by atoms with Crippen molar-refractivity contribution in [3.05, 3.63) is 70.2 Å². The molecule has 0 radical (unpaired) electrons. The van der Waals surface area contributed by atoms with Gasteiger partial charge in [0.05, 0.1) is 6.42 Å². The summed E-state index contributed by atoms with van der Waals surface area (Å²) in [6.07, 6.45) is -0.132. The summed E-state index contributed by atoms with van der Waals surface area (Å²) in [6, 6.07) is 13.7. The quantitative estimate of drug-likeness (QED) is 0.778. The smallest absolute Gasteiger partial charge is 0.304 e. The van der Waals surface area contributed by atoms with Crippen LogP contribution in [0.4, 0.5) is 0 Å². The van der Waals surface area contributed by atoms with Gasteiger partial charge in [0.25, 0.3) is 0 Å². The van der Waals surface area contributed by atoms with Gasteiger partial charge in [-0.3, -0.25) is 9.59 Å². The molecule has 0 aromatic heterocycles. The first-order valence-electron chi connectivity index (χ1n) is 6.84. The summed E-state index contributed by atoms with van der Waals surface area (Å²) in [6.45, 7) is 0.142. The maximum absolute atomic E-state index is 12.7. The number of carbonyl (C=O) groups is 2. The maximum Gasteiger partial charge on any atom is 0.304 e. The summed E-state index contributed by atoms with van der Waals surface area (Å²) in [4.78, 5) is 23.7. The lowest BCUT2D eigenvalue weighted by Gasteiger charge is -2.17. The van der Waals surface area contributed by atoms with E-state index in [-0.39, 0.29) is 31.2 Å². The molecule has 2 aromatic rings. The van der Waals surface area contributed by atoms with Crippen molar-refractivity contribution < 1.29 is 14.7 Å². The van der Waals surface area contributed by atoms with Crippen LogP contribution in [0.3, 0.4) is 0 Å². The Bertz CT molecular complexity index is 689. The van der Waals surface area contributed by atoms with Crippen LogP contribution < -0.4 is 5.73 Å². The molecule has 0 spiro atoms. The van der Waals surface area contributed by atoms with Crippen LogP contribution in [0.1, 0.15) is 33.8 Å². The van der Waals surface area contributed by atoms with Gasteiger partial charge >= 0.3 is 5.97 Å². The van der Waals surface area contributed by atoms with Crippen molar-refractivity contribution in [2.45, 2.75) is 12.3 Å². The standard InChI is InChI=1S/C17H16ClNO3.ClH/c18-13-6-7-14(12(10-19)8-16(20)21)15(9-13)17(22)11-4-2-1-3-5-11;/h1-7,9,12H,8,10,19H2,(H,20,21);1H/t12-;/m0./s1. The van der Waals surface area contributed by atoms with Crippen molar-refractivity contribution in [1.82, 2.24) is 0 Å². The van der Waals surface area contributed by atoms with Crippen LogP contribution in [0.25, 0.3) is 0 Å². The summed E-state index contributed by atoms with van der Waals surface area (Å²) < 4.78 is 0. The van der Waals surface area contributed by atoms with E-state index in [2.05, 4.69) is 0 Å². The molecule has 2 aromatic carbocycles. The van der Waals surface area contributed by atoms with Gasteiger partial charge in [-0.1, -0.05) is 48.0 Å². The lowest BCUT2D eigenvalue weighted by atomic mass is 9.88. The van der Waals surface area contributed by atoms with Gasteiger partial charge in [-0.15, -0.1) is 12.4 Å². The molecule has 4 nitrogen and oxygen atoms in total. The molecular formula is C17H17Cl2NO3. The number of halogens is 2. The number of aliphatic carboxylic acids is 1. The largest absolute Gasteiger partial charge is 0.481 e. The van der Waals surface area contributed by atoms with E-state index in [1.54, 1.807) is 42.5 Å². The van der Waals surface area contributed by atoms with Crippen molar-refractivity contribution in [2.24, 2.45) is 5.73 Å². The van der Waals surface area contributed by atoms with Crippen LogP contribution in [0.15, 0.2) is 48.5 Å². The average Bonchev–Trinajstić information content (AvgIpc) is 2.52. The average molecular weight is 354 g/mol. The predicted octanol–water partition coefficient (Wildman–Crippen LogP) is 3.51. The minimum absolute atomic E-state index is 0. The topological polar surface area (TPSA) is 80.4 Å². The molecule has 3 N–H and O–H groups in total. The molecule has 0 unspecified atom stereocenters. The van der Waals surface area contributed by atoms with E-state index in [1.165, 1.54) is 0 Å². The van der Waals surface area contributed by atoms with E-state index < -0.39 is 11.9 Å². The van der Waals surface area contributed by atoms with Gasteiger partial charge in [-0.2, -0.15) is 0 Å². The van der Waals surface area contributed by atoms with Crippen molar-refractivity contribution >= 4 is 35.8 Å². The van der Waals surface area contributed by atoms with Crippen molar-refractivity contribution in [1.29, 1.82) is 0 Å². The number of nitrogens with two attached hydrogens (primary N) is 1. The Hall–Kier alpha value is -1.88. The van der Waals surface area contributed by atoms with Crippen molar-refractivity contribution in [3.63, 3.8) is 0 Å². The molecule has 1 atom stereocenters. The second kappa shape index (κ2) is 8.67. The third kappa shape index (κ3) is 4.79. The molecule has 23 heavy (non-hydrogen) atoms. The summed E-state index contributed by atoms with van der Waals surface area (Å²) in [5.41, 5.74) is 7.23. The molecule has 0 aliphatic rings. The van der Waals surface area contributed by atoms with Gasteiger partial charge in [0, 0.05) is 22.1 Å². The van der Waals surface area contributed by atoms with E-state index in [4.69, 9.17) is 22.4 Å². The Morgan fingerprint density at radius 3 is 2.35 bits per heavy atom. The third-order valence-electron chi connectivity index (χ3n) is 3.44. The molecule has 2 rings (SSSR count). The Morgan fingerprint density at radius 2 is 1.78 bits per heavy atom. The number of benzene rings is 2. The van der Waals surface area contributed by atoms with E-state index >= 15 is 0 Å². The number of rotatable bonds is 6. The maximum atomic E-state index is 12.7. The molecule has 6 heteroatoms. The molecule has 0 aliphatic heterocycles. The van der Waals surface area contributed by atoms with Gasteiger partial charge < -0.3 is 10.8 Å². The predicted molar refractivity (Wildman–Crippen MR) is 92.6 cm³/mol. The minimum atomic E-state index is -0.955. The van der Waals surface area contributed by atoms with Crippen LogP contribution in [0.2, 0.25) is 5.02 Å². The number of carbonyl (C=O) groups excluding carboxylic acids is 1. The molecule has 0 heterocycles. The van der Waals surface area contributed by atoms with Gasteiger partial charge in [0.15, 0.2) is 5.78 Å². The fourth-order valence-electron chi connectivity index (χ4n) is 2.36. The Morgan fingerprint density at radius 1 is 1.13 bits per heavy atom. The second-order valence-electron chi connectivity index (χ2n) is 4.96. The van der Waals surface area contributed by atoms with E-state index in [0.717, 1.165) is 0 Å². The lowest BCUT2D eigenvalue weighted by molar-refractivity contribution is -0.137. The highest BCUT2D eigenvalue weighted by atomic mass is 35.5. The summed E-state index contributed by atoms with van der Waals surface area (Å²) in [7, 11) is 0. The van der Waals surface area contributed by atoms with Crippen LogP contribution in [0, 0.1) is 0 Å². The third-order valence-corrected chi connectivity index (χ3v) is 3.68. The zero-order valence-electron chi connectivity index (χ0n) is 12.2. The zero-order valence-corrected chi connectivity index (χ0v) is 13.8. The fourth-order valence-corrected chi connectivity index (χ4v) is 2.53. The highest BCUT2D eigenvalue weighted by Crippen LogP contribution is 2.27. The van der Waals surface area contributed by atoms with Gasteiger partial charge in [0.2, 0.25) is 0 Å². The number of hydrogen-bond donors (Lipinski definition) is 2. The van der Waals surface area contributed by atoms with Crippen molar-refractivity contribution in [3.8, 4) is 0 Å². The first-order valence-corrected chi connectivity index (χ1v) is 7.21. The minimum Gasteiger partial charge on any atom is -0.481 e. The molecule has 0 fully saturated rings. The second-order valence-corrected chi connectivity index (χ2v) is 5.39. The van der Waals surface area contributed by atoms with E-state index in [1.807, 2.05) is 6.07 Å². The fraction of sp³-hybridized carbons (Fsp3) is 0.176. The van der Waals surface area contributed by atoms with Crippen LogP contribution in [-0.4, -0.2) is 23.4 Å². The SMILES string of the molecule is Cl.NC[C@H](CC(=O)O)c1ccc(Cl)cc1C(=O)c1ccccc1. The van der Waals surface area contributed by atoms with E-state index in [0.29, 0.717) is 21.7 Å². The van der Waals surface area contributed by atoms with Crippen LogP contribution in [0.5, 0.6) is 0 Å². The number of hydrogen-bond acceptors (Lipinski definition) is 3. The number of carboxylic acids is 1. The van der Waals surface area contributed by atoms with Crippen molar-refractivity contribution in [2.75, 3.05) is 6.54 Å². The van der Waals surface area contributed by atoms with Gasteiger partial charge in [-0.05, 0) is 24.2 Å². The Balaban J connectivity index is 0.00000264. The molecule has 0 amide bonds. The molecule has 122 valence electrons. The van der Waals surface area contributed by atoms with E-state index in [9.17, 15) is 9.59 Å². The summed E-state index contributed by atoms with van der Waals surface area (Å²) in [5, 5.41) is 9.44. The molecule has 0 aliphatic carbocycles. The zero-order chi connectivity index (χ0) is 16.1. The summed E-state index contributed by atoms with van der Waals surface area (Å²) >= 11 is 6.00. The van der Waals surface area contributed by atoms with Gasteiger partial charge in [0.1, 0.15) is 0 Å². The Kier molecular flexibility index (Phi) is 7.23. The van der Waals surface area contributed by atoms with Crippen LogP contribution in [-0.2, 0) is 4.79 Å². The highest BCUT2D eigenvalue weighted by Gasteiger charge is 2.21.